The lowest BCUT2D eigenvalue weighted by atomic mass is 10.1. The second-order valence-electron chi connectivity index (χ2n) is 5.78. The van der Waals surface area contributed by atoms with Gasteiger partial charge in [0.25, 0.3) is 5.95 Å². The maximum atomic E-state index is 13.0. The Kier molecular flexibility index (Phi) is 5.52. The molecular formula is C18H19N5O4S. The Morgan fingerprint density at radius 1 is 1.04 bits per heavy atom. The quantitative estimate of drug-likeness (QED) is 0.609. The van der Waals surface area contributed by atoms with Gasteiger partial charge in [-0.2, -0.15) is 4.31 Å². The summed E-state index contributed by atoms with van der Waals surface area (Å²) in [6.07, 6.45) is 2.98. The zero-order chi connectivity index (χ0) is 20.3. The number of hydrogen-bond acceptors (Lipinski definition) is 8. The second-order valence-corrected chi connectivity index (χ2v) is 7.69. The molecule has 2 N–H and O–H groups in total. The predicted molar refractivity (Wildman–Crippen MR) is 104 cm³/mol. The number of sulfonamides is 1. The van der Waals surface area contributed by atoms with Crippen LogP contribution in [0.1, 0.15) is 13.8 Å². The summed E-state index contributed by atoms with van der Waals surface area (Å²) in [6, 6.07) is 7.24. The maximum Gasteiger partial charge on any atom is 0.268 e. The van der Waals surface area contributed by atoms with E-state index in [0.717, 1.165) is 0 Å². The smallest absolute Gasteiger partial charge is 0.268 e. The molecule has 0 saturated carbocycles. The van der Waals surface area contributed by atoms with E-state index in [-0.39, 0.29) is 46.1 Å². The number of aromatic hydroxyl groups is 2. The summed E-state index contributed by atoms with van der Waals surface area (Å²) in [7, 11) is -3.97. The fourth-order valence-electron chi connectivity index (χ4n) is 2.82. The van der Waals surface area contributed by atoms with E-state index >= 15 is 0 Å². The topological polar surface area (TPSA) is 128 Å². The highest BCUT2D eigenvalue weighted by atomic mass is 32.2. The van der Waals surface area contributed by atoms with Gasteiger partial charge in [-0.25, -0.2) is 18.4 Å². The van der Waals surface area contributed by atoms with Crippen LogP contribution in [0.3, 0.4) is 0 Å². The molecule has 0 saturated heterocycles. The Hall–Kier alpha value is -3.11. The highest BCUT2D eigenvalue weighted by Crippen LogP contribution is 2.43. The SMILES string of the molecule is CCN(CC)S(=O)(=O)c1cc(N=Nc2ncccn2)c2c(O)cccc2c1O. The van der Waals surface area contributed by atoms with Crippen molar-refractivity contribution in [2.24, 2.45) is 10.2 Å². The molecule has 0 atom stereocenters. The van der Waals surface area contributed by atoms with Gasteiger partial charge < -0.3 is 10.2 Å². The van der Waals surface area contributed by atoms with Gasteiger partial charge in [0.15, 0.2) is 0 Å². The van der Waals surface area contributed by atoms with Crippen LogP contribution in [-0.2, 0) is 10.0 Å². The number of hydrogen-bond donors (Lipinski definition) is 2. The van der Waals surface area contributed by atoms with Gasteiger partial charge in [-0.15, -0.1) is 10.2 Å². The van der Waals surface area contributed by atoms with E-state index in [2.05, 4.69) is 20.2 Å². The van der Waals surface area contributed by atoms with Crippen molar-refractivity contribution in [1.29, 1.82) is 0 Å². The molecule has 0 fully saturated rings. The number of phenols is 2. The lowest BCUT2D eigenvalue weighted by Crippen LogP contribution is -2.30. The molecule has 0 unspecified atom stereocenters. The third-order valence-electron chi connectivity index (χ3n) is 4.18. The van der Waals surface area contributed by atoms with E-state index in [4.69, 9.17) is 0 Å². The van der Waals surface area contributed by atoms with Gasteiger partial charge in [-0.1, -0.05) is 26.0 Å². The zero-order valence-electron chi connectivity index (χ0n) is 15.3. The average Bonchev–Trinajstić information content (AvgIpc) is 2.69. The summed E-state index contributed by atoms with van der Waals surface area (Å²) in [4.78, 5) is 7.55. The fraction of sp³-hybridized carbons (Fsp3) is 0.222. The first kappa shape index (κ1) is 19.6. The van der Waals surface area contributed by atoms with Crippen molar-refractivity contribution in [3.8, 4) is 11.5 Å². The molecule has 10 heteroatoms. The Balaban J connectivity index is 2.28. The largest absolute Gasteiger partial charge is 0.507 e. The van der Waals surface area contributed by atoms with Gasteiger partial charge in [0.1, 0.15) is 16.4 Å². The van der Waals surface area contributed by atoms with Crippen LogP contribution >= 0.6 is 0 Å². The molecule has 0 aliphatic carbocycles. The first-order valence-corrected chi connectivity index (χ1v) is 10.0. The summed E-state index contributed by atoms with van der Waals surface area (Å²) >= 11 is 0. The zero-order valence-corrected chi connectivity index (χ0v) is 16.1. The molecule has 0 aliphatic rings. The van der Waals surface area contributed by atoms with Gasteiger partial charge >= 0.3 is 0 Å². The van der Waals surface area contributed by atoms with Crippen LogP contribution in [0.5, 0.6) is 11.5 Å². The molecule has 1 heterocycles. The average molecular weight is 401 g/mol. The van der Waals surface area contributed by atoms with Crippen LogP contribution in [0, 0.1) is 0 Å². The first-order chi connectivity index (χ1) is 13.4. The minimum absolute atomic E-state index is 0.0732. The normalized spacial score (nSPS) is 12.2. The van der Waals surface area contributed by atoms with Gasteiger partial charge in [0.05, 0.1) is 11.1 Å². The summed E-state index contributed by atoms with van der Waals surface area (Å²) in [5.41, 5.74) is 0.0732. The van der Waals surface area contributed by atoms with Crippen molar-refractivity contribution in [3.63, 3.8) is 0 Å². The molecule has 3 rings (SSSR count). The standard InChI is InChI=1S/C18H19N5O4S/c1-3-23(4-2)28(26,27)15-11-13(21-22-18-19-9-6-10-20-18)16-12(17(15)25)7-5-8-14(16)24/h5-11,24-25H,3-4H2,1-2H3. The van der Waals surface area contributed by atoms with Gasteiger partial charge in [0, 0.05) is 30.9 Å². The van der Waals surface area contributed by atoms with Crippen molar-refractivity contribution in [1.82, 2.24) is 14.3 Å². The van der Waals surface area contributed by atoms with E-state index < -0.39 is 15.8 Å². The number of azo groups is 1. The summed E-state index contributed by atoms with van der Waals surface area (Å²) < 4.78 is 27.2. The number of rotatable bonds is 6. The Morgan fingerprint density at radius 2 is 1.71 bits per heavy atom. The van der Waals surface area contributed by atoms with E-state index in [1.807, 2.05) is 0 Å². The second kappa shape index (κ2) is 7.87. The van der Waals surface area contributed by atoms with Crippen molar-refractivity contribution >= 4 is 32.4 Å². The van der Waals surface area contributed by atoms with Crippen LogP contribution in [0.4, 0.5) is 11.6 Å². The van der Waals surface area contributed by atoms with Crippen LogP contribution in [0.15, 0.2) is 57.8 Å². The lowest BCUT2D eigenvalue weighted by Gasteiger charge is -2.20. The number of nitrogens with zero attached hydrogens (tertiary/aromatic N) is 5. The molecule has 0 aliphatic heterocycles. The first-order valence-electron chi connectivity index (χ1n) is 8.56. The fourth-order valence-corrected chi connectivity index (χ4v) is 4.40. The lowest BCUT2D eigenvalue weighted by molar-refractivity contribution is 0.431. The molecular weight excluding hydrogens is 382 g/mol. The van der Waals surface area contributed by atoms with E-state index in [0.29, 0.717) is 0 Å². The highest BCUT2D eigenvalue weighted by molar-refractivity contribution is 7.89. The maximum absolute atomic E-state index is 13.0. The predicted octanol–water partition coefficient (Wildman–Crippen LogP) is 3.49. The molecule has 2 aromatic carbocycles. The van der Waals surface area contributed by atoms with Crippen LogP contribution < -0.4 is 0 Å². The third-order valence-corrected chi connectivity index (χ3v) is 6.24. The van der Waals surface area contributed by atoms with Crippen LogP contribution in [0.25, 0.3) is 10.8 Å². The third kappa shape index (κ3) is 3.51. The minimum Gasteiger partial charge on any atom is -0.507 e. The van der Waals surface area contributed by atoms with Crippen LogP contribution in [0.2, 0.25) is 0 Å². The highest BCUT2D eigenvalue weighted by Gasteiger charge is 2.28. The molecule has 28 heavy (non-hydrogen) atoms. The number of aromatic nitrogens is 2. The Bertz CT molecular complexity index is 1130. The molecule has 0 bridgehead atoms. The summed E-state index contributed by atoms with van der Waals surface area (Å²) in [5.74, 6) is -0.539. The Labute approximate surface area is 162 Å². The molecule has 1 aromatic heterocycles. The minimum atomic E-state index is -3.97. The molecule has 9 nitrogen and oxygen atoms in total. The molecule has 0 amide bonds. The summed E-state index contributed by atoms with van der Waals surface area (Å²) in [5, 5.41) is 29.2. The molecule has 146 valence electrons. The van der Waals surface area contributed by atoms with Crippen molar-refractivity contribution in [2.75, 3.05) is 13.1 Å². The number of phenolic OH excluding ortho intramolecular Hbond substituents is 2. The molecule has 0 spiro atoms. The van der Waals surface area contributed by atoms with Gasteiger partial charge in [-0.3, -0.25) is 0 Å². The number of benzene rings is 2. The molecule has 0 radical (unpaired) electrons. The molecule has 3 aromatic rings. The monoisotopic (exact) mass is 401 g/mol. The van der Waals surface area contributed by atoms with Crippen molar-refractivity contribution in [2.45, 2.75) is 18.7 Å². The van der Waals surface area contributed by atoms with E-state index in [1.165, 1.54) is 41.0 Å². The van der Waals surface area contributed by atoms with Crippen molar-refractivity contribution in [3.05, 3.63) is 42.7 Å². The van der Waals surface area contributed by atoms with Gasteiger partial charge in [0.2, 0.25) is 10.0 Å². The van der Waals surface area contributed by atoms with E-state index in [1.54, 1.807) is 19.9 Å². The van der Waals surface area contributed by atoms with Crippen molar-refractivity contribution < 1.29 is 18.6 Å². The van der Waals surface area contributed by atoms with Crippen LogP contribution in [-0.4, -0.2) is 46.0 Å². The number of fused-ring (bicyclic) bond motifs is 1. The van der Waals surface area contributed by atoms with E-state index in [9.17, 15) is 18.6 Å². The van der Waals surface area contributed by atoms with Gasteiger partial charge in [-0.05, 0) is 18.2 Å². The summed E-state index contributed by atoms with van der Waals surface area (Å²) in [6.45, 7) is 3.90. The Morgan fingerprint density at radius 3 is 2.36 bits per heavy atom.